The molecule has 2 aromatic heterocycles. The maximum absolute atomic E-state index is 4.44. The number of rotatable bonds is 1. The summed E-state index contributed by atoms with van der Waals surface area (Å²) in [6.45, 7) is 2.24. The highest BCUT2D eigenvalue weighted by Gasteiger charge is 2.14. The van der Waals surface area contributed by atoms with Crippen LogP contribution in [0.25, 0.3) is 11.0 Å². The van der Waals surface area contributed by atoms with Crippen molar-refractivity contribution < 1.29 is 0 Å². The predicted molar refractivity (Wildman–Crippen MR) is 64.6 cm³/mol. The smallest absolute Gasteiger partial charge is 0.142 e. The van der Waals surface area contributed by atoms with E-state index in [0.29, 0.717) is 0 Å². The molecule has 3 rings (SSSR count). The van der Waals surface area contributed by atoms with E-state index in [2.05, 4.69) is 25.9 Å². The lowest BCUT2D eigenvalue weighted by Crippen LogP contribution is -2.25. The number of H-pyrrole nitrogens is 1. The van der Waals surface area contributed by atoms with Crippen molar-refractivity contribution >= 4 is 16.9 Å². The van der Waals surface area contributed by atoms with Crippen LogP contribution >= 0.6 is 0 Å². The SMILES string of the molecule is c1nc(N2CCCCCC2)c2cc[nH]c2n1. The summed E-state index contributed by atoms with van der Waals surface area (Å²) in [6, 6.07) is 2.07. The van der Waals surface area contributed by atoms with Crippen molar-refractivity contribution in [2.45, 2.75) is 25.7 Å². The van der Waals surface area contributed by atoms with Crippen molar-refractivity contribution in [3.8, 4) is 0 Å². The normalized spacial score (nSPS) is 17.6. The second-order valence-corrected chi connectivity index (χ2v) is 4.34. The van der Waals surface area contributed by atoms with Gasteiger partial charge in [0.15, 0.2) is 0 Å². The maximum Gasteiger partial charge on any atom is 0.142 e. The Kier molecular flexibility index (Phi) is 2.48. The highest BCUT2D eigenvalue weighted by molar-refractivity contribution is 5.87. The molecule has 1 aliphatic rings. The van der Waals surface area contributed by atoms with Gasteiger partial charge in [0, 0.05) is 19.3 Å². The molecular weight excluding hydrogens is 200 g/mol. The minimum atomic E-state index is 0.939. The number of aromatic nitrogens is 3. The molecular formula is C12H16N4. The summed E-state index contributed by atoms with van der Waals surface area (Å²) in [4.78, 5) is 14.2. The van der Waals surface area contributed by atoms with Gasteiger partial charge in [0.2, 0.25) is 0 Å². The molecule has 1 N–H and O–H groups in total. The molecule has 1 fully saturated rings. The van der Waals surface area contributed by atoms with Gasteiger partial charge in [-0.25, -0.2) is 9.97 Å². The zero-order chi connectivity index (χ0) is 10.8. The third-order valence-corrected chi connectivity index (χ3v) is 3.24. The Labute approximate surface area is 94.7 Å². The first kappa shape index (κ1) is 9.63. The van der Waals surface area contributed by atoms with Crippen molar-refractivity contribution in [1.29, 1.82) is 0 Å². The van der Waals surface area contributed by atoms with E-state index in [9.17, 15) is 0 Å². The van der Waals surface area contributed by atoms with Crippen LogP contribution in [0.4, 0.5) is 5.82 Å². The molecule has 0 aromatic carbocycles. The molecule has 0 unspecified atom stereocenters. The van der Waals surface area contributed by atoms with Crippen LogP contribution in [0.1, 0.15) is 25.7 Å². The zero-order valence-electron chi connectivity index (χ0n) is 9.32. The molecule has 1 saturated heterocycles. The van der Waals surface area contributed by atoms with Gasteiger partial charge < -0.3 is 9.88 Å². The Balaban J connectivity index is 2.00. The molecule has 4 nitrogen and oxygen atoms in total. The van der Waals surface area contributed by atoms with E-state index in [0.717, 1.165) is 29.9 Å². The molecule has 2 aromatic rings. The van der Waals surface area contributed by atoms with Crippen molar-refractivity contribution in [2.24, 2.45) is 0 Å². The molecule has 0 spiro atoms. The van der Waals surface area contributed by atoms with Crippen LogP contribution in [-0.4, -0.2) is 28.0 Å². The Morgan fingerprint density at radius 1 is 1.06 bits per heavy atom. The predicted octanol–water partition coefficient (Wildman–Crippen LogP) is 2.34. The van der Waals surface area contributed by atoms with E-state index in [-0.39, 0.29) is 0 Å². The lowest BCUT2D eigenvalue weighted by molar-refractivity contribution is 0.726. The lowest BCUT2D eigenvalue weighted by atomic mass is 10.2. The second kappa shape index (κ2) is 4.12. The van der Waals surface area contributed by atoms with E-state index in [1.165, 1.54) is 25.7 Å². The molecule has 0 atom stereocenters. The Hall–Kier alpha value is -1.58. The number of fused-ring (bicyclic) bond motifs is 1. The molecule has 16 heavy (non-hydrogen) atoms. The first-order valence-electron chi connectivity index (χ1n) is 5.98. The molecule has 0 saturated carbocycles. The Morgan fingerprint density at radius 3 is 2.69 bits per heavy atom. The van der Waals surface area contributed by atoms with Crippen molar-refractivity contribution in [1.82, 2.24) is 15.0 Å². The second-order valence-electron chi connectivity index (χ2n) is 4.34. The van der Waals surface area contributed by atoms with Gasteiger partial charge in [0.25, 0.3) is 0 Å². The molecule has 4 heteroatoms. The van der Waals surface area contributed by atoms with Gasteiger partial charge in [0.05, 0.1) is 5.39 Å². The Bertz CT molecular complexity index is 469. The maximum atomic E-state index is 4.44. The first-order chi connectivity index (χ1) is 7.95. The van der Waals surface area contributed by atoms with Crippen LogP contribution in [-0.2, 0) is 0 Å². The number of aromatic amines is 1. The average Bonchev–Trinajstić information content (AvgIpc) is 2.63. The van der Waals surface area contributed by atoms with Gasteiger partial charge >= 0.3 is 0 Å². The van der Waals surface area contributed by atoms with E-state index in [4.69, 9.17) is 0 Å². The van der Waals surface area contributed by atoms with Crippen molar-refractivity contribution in [3.05, 3.63) is 18.6 Å². The third-order valence-electron chi connectivity index (χ3n) is 3.24. The fourth-order valence-corrected chi connectivity index (χ4v) is 2.39. The standard InChI is InChI=1S/C12H16N4/c1-2-4-8-16(7-3-1)12-10-5-6-13-11(10)14-9-15-12/h5-6,9H,1-4,7-8H2,(H,13,14,15). The largest absolute Gasteiger partial charge is 0.356 e. The van der Waals surface area contributed by atoms with Gasteiger partial charge in [-0.3, -0.25) is 0 Å². The highest BCUT2D eigenvalue weighted by atomic mass is 15.2. The number of anilines is 1. The summed E-state index contributed by atoms with van der Waals surface area (Å²) in [6.07, 6.45) is 8.82. The summed E-state index contributed by atoms with van der Waals surface area (Å²) in [5, 5.41) is 1.14. The van der Waals surface area contributed by atoms with E-state index < -0.39 is 0 Å². The topological polar surface area (TPSA) is 44.8 Å². The first-order valence-corrected chi connectivity index (χ1v) is 5.98. The average molecular weight is 216 g/mol. The molecule has 84 valence electrons. The van der Waals surface area contributed by atoms with Crippen LogP contribution in [0.15, 0.2) is 18.6 Å². The number of hydrogen-bond donors (Lipinski definition) is 1. The molecule has 1 aliphatic heterocycles. The summed E-state index contributed by atoms with van der Waals surface area (Å²) >= 11 is 0. The van der Waals surface area contributed by atoms with Gasteiger partial charge in [-0.2, -0.15) is 0 Å². The van der Waals surface area contributed by atoms with Gasteiger partial charge in [-0.1, -0.05) is 12.8 Å². The minimum Gasteiger partial charge on any atom is -0.356 e. The quantitative estimate of drug-likeness (QED) is 0.795. The van der Waals surface area contributed by atoms with Gasteiger partial charge in [0.1, 0.15) is 17.8 Å². The summed E-state index contributed by atoms with van der Waals surface area (Å²) in [5.74, 6) is 1.09. The fourth-order valence-electron chi connectivity index (χ4n) is 2.39. The third kappa shape index (κ3) is 1.64. The molecule has 0 aliphatic carbocycles. The van der Waals surface area contributed by atoms with Gasteiger partial charge in [-0.05, 0) is 18.9 Å². The van der Waals surface area contributed by atoms with Crippen LogP contribution < -0.4 is 4.90 Å². The van der Waals surface area contributed by atoms with E-state index in [1.807, 2.05) is 6.20 Å². The van der Waals surface area contributed by atoms with Crippen molar-refractivity contribution in [3.63, 3.8) is 0 Å². The van der Waals surface area contributed by atoms with Crippen molar-refractivity contribution in [2.75, 3.05) is 18.0 Å². The molecule has 0 bridgehead atoms. The molecule has 0 amide bonds. The summed E-state index contributed by atoms with van der Waals surface area (Å²) in [7, 11) is 0. The minimum absolute atomic E-state index is 0.939. The highest BCUT2D eigenvalue weighted by Crippen LogP contribution is 2.24. The number of nitrogens with one attached hydrogen (secondary N) is 1. The zero-order valence-corrected chi connectivity index (χ0v) is 9.32. The number of hydrogen-bond acceptors (Lipinski definition) is 3. The summed E-state index contributed by atoms with van der Waals surface area (Å²) < 4.78 is 0. The monoisotopic (exact) mass is 216 g/mol. The van der Waals surface area contributed by atoms with Crippen LogP contribution in [0.3, 0.4) is 0 Å². The van der Waals surface area contributed by atoms with Gasteiger partial charge in [-0.15, -0.1) is 0 Å². The van der Waals surface area contributed by atoms with Crippen LogP contribution in [0, 0.1) is 0 Å². The van der Waals surface area contributed by atoms with Crippen LogP contribution in [0.5, 0.6) is 0 Å². The fraction of sp³-hybridized carbons (Fsp3) is 0.500. The Morgan fingerprint density at radius 2 is 1.88 bits per heavy atom. The number of nitrogens with zero attached hydrogens (tertiary/aromatic N) is 3. The van der Waals surface area contributed by atoms with E-state index in [1.54, 1.807) is 6.33 Å². The molecule has 3 heterocycles. The van der Waals surface area contributed by atoms with Crippen LogP contribution in [0.2, 0.25) is 0 Å². The van der Waals surface area contributed by atoms with E-state index >= 15 is 0 Å². The summed E-state index contributed by atoms with van der Waals surface area (Å²) in [5.41, 5.74) is 0.939. The lowest BCUT2D eigenvalue weighted by Gasteiger charge is -2.21. The molecule has 0 radical (unpaired) electrons.